The molecule has 2 N–H and O–H groups in total. The lowest BCUT2D eigenvalue weighted by Gasteiger charge is -2.05. The maximum atomic E-state index is 12.1. The second-order valence-electron chi connectivity index (χ2n) is 4.05. The number of benzene rings is 1. The zero-order valence-electron chi connectivity index (χ0n) is 10.3. The van der Waals surface area contributed by atoms with Crippen LogP contribution in [0.15, 0.2) is 53.6 Å². The fourth-order valence-electron chi connectivity index (χ4n) is 1.85. The summed E-state index contributed by atoms with van der Waals surface area (Å²) in [4.78, 5) is 26.6. The zero-order chi connectivity index (χ0) is 13.9. The number of aromatic hydroxyl groups is 1. The van der Waals surface area contributed by atoms with E-state index < -0.39 is 5.56 Å². The van der Waals surface area contributed by atoms with Crippen molar-refractivity contribution in [2.75, 3.05) is 0 Å². The Bertz CT molecular complexity index is 785. The highest BCUT2D eigenvalue weighted by atomic mass is 16.3. The standard InChI is InChI=1S/C14H10N4O2/c19-13-10(9-5-2-1-3-6-9)14(20)18-12(17-13)11-15-7-4-8-16-11/h1-8H,(H2,17,18,19,20). The second-order valence-corrected chi connectivity index (χ2v) is 4.05. The van der Waals surface area contributed by atoms with Crippen LogP contribution in [-0.4, -0.2) is 25.0 Å². The SMILES string of the molecule is O=c1[nH]c(-c2ncccn2)nc(O)c1-c1ccccc1. The van der Waals surface area contributed by atoms with Crippen LogP contribution in [0.3, 0.4) is 0 Å². The second kappa shape index (κ2) is 4.93. The average Bonchev–Trinajstić information content (AvgIpc) is 2.48. The lowest BCUT2D eigenvalue weighted by molar-refractivity contribution is 0.454. The van der Waals surface area contributed by atoms with Gasteiger partial charge in [-0.15, -0.1) is 0 Å². The highest BCUT2D eigenvalue weighted by Gasteiger charge is 2.14. The van der Waals surface area contributed by atoms with Crippen molar-refractivity contribution in [1.29, 1.82) is 0 Å². The fraction of sp³-hybridized carbons (Fsp3) is 0. The topological polar surface area (TPSA) is 91.8 Å². The number of H-pyrrole nitrogens is 1. The molecule has 0 radical (unpaired) electrons. The van der Waals surface area contributed by atoms with Crippen LogP contribution in [0.5, 0.6) is 5.88 Å². The van der Waals surface area contributed by atoms with Crippen LogP contribution in [0.2, 0.25) is 0 Å². The van der Waals surface area contributed by atoms with Gasteiger partial charge in [-0.3, -0.25) is 4.79 Å². The first kappa shape index (κ1) is 12.0. The summed E-state index contributed by atoms with van der Waals surface area (Å²) in [5.74, 6) is 0.0368. The van der Waals surface area contributed by atoms with Gasteiger partial charge in [-0.1, -0.05) is 30.3 Å². The molecule has 0 atom stereocenters. The number of hydrogen-bond acceptors (Lipinski definition) is 5. The molecule has 0 spiro atoms. The molecule has 3 rings (SSSR count). The van der Waals surface area contributed by atoms with Crippen molar-refractivity contribution in [3.8, 4) is 28.7 Å². The Hall–Kier alpha value is -3.02. The number of nitrogens with one attached hydrogen (secondary N) is 1. The highest BCUT2D eigenvalue weighted by Crippen LogP contribution is 2.24. The summed E-state index contributed by atoms with van der Waals surface area (Å²) in [6, 6.07) is 10.5. The molecule has 2 aromatic heterocycles. The summed E-state index contributed by atoms with van der Waals surface area (Å²) in [7, 11) is 0. The number of rotatable bonds is 2. The maximum Gasteiger partial charge on any atom is 0.263 e. The smallest absolute Gasteiger partial charge is 0.263 e. The van der Waals surface area contributed by atoms with E-state index in [1.54, 1.807) is 30.3 Å². The summed E-state index contributed by atoms with van der Waals surface area (Å²) in [6.07, 6.45) is 3.06. The van der Waals surface area contributed by atoms with E-state index in [0.717, 1.165) is 0 Å². The molecule has 3 aromatic rings. The first-order chi connectivity index (χ1) is 9.75. The van der Waals surface area contributed by atoms with E-state index in [-0.39, 0.29) is 23.1 Å². The first-order valence-corrected chi connectivity index (χ1v) is 5.92. The molecular weight excluding hydrogens is 256 g/mol. The molecular formula is C14H10N4O2. The van der Waals surface area contributed by atoms with E-state index in [1.807, 2.05) is 6.07 Å². The van der Waals surface area contributed by atoms with Gasteiger partial charge in [-0.2, -0.15) is 4.98 Å². The number of aromatic nitrogens is 4. The lowest BCUT2D eigenvalue weighted by atomic mass is 10.1. The van der Waals surface area contributed by atoms with Crippen molar-refractivity contribution in [1.82, 2.24) is 19.9 Å². The molecule has 0 saturated carbocycles. The third-order valence-corrected chi connectivity index (χ3v) is 2.74. The third-order valence-electron chi connectivity index (χ3n) is 2.74. The normalized spacial score (nSPS) is 10.4. The Morgan fingerprint density at radius 3 is 2.35 bits per heavy atom. The summed E-state index contributed by atoms with van der Waals surface area (Å²) in [5, 5.41) is 10.0. The van der Waals surface area contributed by atoms with E-state index in [1.165, 1.54) is 12.4 Å². The minimum Gasteiger partial charge on any atom is -0.493 e. The fourth-order valence-corrected chi connectivity index (χ4v) is 1.85. The summed E-state index contributed by atoms with van der Waals surface area (Å²) in [5.41, 5.74) is 0.288. The van der Waals surface area contributed by atoms with Crippen molar-refractivity contribution in [3.63, 3.8) is 0 Å². The Labute approximate surface area is 113 Å². The minimum absolute atomic E-state index is 0.130. The molecule has 0 aliphatic rings. The van der Waals surface area contributed by atoms with Gasteiger partial charge >= 0.3 is 0 Å². The Balaban J connectivity index is 2.16. The van der Waals surface area contributed by atoms with E-state index in [2.05, 4.69) is 19.9 Å². The van der Waals surface area contributed by atoms with E-state index >= 15 is 0 Å². The van der Waals surface area contributed by atoms with Gasteiger partial charge in [-0.05, 0) is 11.6 Å². The van der Waals surface area contributed by atoms with Crippen LogP contribution in [0.25, 0.3) is 22.8 Å². The Morgan fingerprint density at radius 1 is 1.00 bits per heavy atom. The maximum absolute atomic E-state index is 12.1. The average molecular weight is 266 g/mol. The highest BCUT2D eigenvalue weighted by molar-refractivity contribution is 5.68. The molecule has 98 valence electrons. The van der Waals surface area contributed by atoms with Crippen LogP contribution in [0.1, 0.15) is 0 Å². The van der Waals surface area contributed by atoms with Gasteiger partial charge in [0.25, 0.3) is 5.56 Å². The van der Waals surface area contributed by atoms with Gasteiger partial charge < -0.3 is 10.1 Å². The molecule has 20 heavy (non-hydrogen) atoms. The summed E-state index contributed by atoms with van der Waals surface area (Å²) >= 11 is 0. The van der Waals surface area contributed by atoms with Gasteiger partial charge in [0.05, 0.1) is 0 Å². The molecule has 0 bridgehead atoms. The van der Waals surface area contributed by atoms with Crippen molar-refractivity contribution in [2.45, 2.75) is 0 Å². The molecule has 0 unspecified atom stereocenters. The molecule has 0 saturated heterocycles. The summed E-state index contributed by atoms with van der Waals surface area (Å²) < 4.78 is 0. The van der Waals surface area contributed by atoms with Crippen LogP contribution in [0.4, 0.5) is 0 Å². The van der Waals surface area contributed by atoms with Gasteiger partial charge in [0, 0.05) is 12.4 Å². The number of hydrogen-bond donors (Lipinski definition) is 2. The van der Waals surface area contributed by atoms with Crippen LogP contribution >= 0.6 is 0 Å². The van der Waals surface area contributed by atoms with Crippen LogP contribution < -0.4 is 5.56 Å². The van der Waals surface area contributed by atoms with Gasteiger partial charge in [0.15, 0.2) is 11.6 Å². The van der Waals surface area contributed by atoms with Crippen molar-refractivity contribution in [3.05, 3.63) is 59.1 Å². The molecule has 0 aliphatic heterocycles. The number of nitrogens with zero attached hydrogens (tertiary/aromatic N) is 3. The lowest BCUT2D eigenvalue weighted by Crippen LogP contribution is -2.12. The van der Waals surface area contributed by atoms with Crippen molar-refractivity contribution < 1.29 is 5.11 Å². The van der Waals surface area contributed by atoms with Gasteiger partial charge in [0.2, 0.25) is 5.88 Å². The quantitative estimate of drug-likeness (QED) is 0.735. The molecule has 6 heteroatoms. The summed E-state index contributed by atoms with van der Waals surface area (Å²) in [6.45, 7) is 0. The third kappa shape index (κ3) is 2.14. The molecule has 0 aliphatic carbocycles. The minimum atomic E-state index is -0.439. The first-order valence-electron chi connectivity index (χ1n) is 5.92. The molecule has 0 amide bonds. The molecule has 2 heterocycles. The van der Waals surface area contributed by atoms with Crippen molar-refractivity contribution >= 4 is 0 Å². The van der Waals surface area contributed by atoms with Gasteiger partial charge in [-0.25, -0.2) is 9.97 Å². The Morgan fingerprint density at radius 2 is 1.70 bits per heavy atom. The van der Waals surface area contributed by atoms with Crippen molar-refractivity contribution in [2.24, 2.45) is 0 Å². The van der Waals surface area contributed by atoms with E-state index in [4.69, 9.17) is 0 Å². The van der Waals surface area contributed by atoms with Crippen LogP contribution in [0, 0.1) is 0 Å². The molecule has 6 nitrogen and oxygen atoms in total. The van der Waals surface area contributed by atoms with E-state index in [0.29, 0.717) is 5.56 Å². The zero-order valence-corrected chi connectivity index (χ0v) is 10.3. The largest absolute Gasteiger partial charge is 0.493 e. The van der Waals surface area contributed by atoms with Gasteiger partial charge in [0.1, 0.15) is 5.56 Å². The number of aromatic amines is 1. The predicted molar refractivity (Wildman–Crippen MR) is 73.0 cm³/mol. The molecule has 0 fully saturated rings. The van der Waals surface area contributed by atoms with Crippen LogP contribution in [-0.2, 0) is 0 Å². The predicted octanol–water partition coefficient (Wildman–Crippen LogP) is 1.60. The molecule has 1 aromatic carbocycles. The monoisotopic (exact) mass is 266 g/mol. The Kier molecular flexibility index (Phi) is 2.96. The van der Waals surface area contributed by atoms with E-state index in [9.17, 15) is 9.90 Å².